The van der Waals surface area contributed by atoms with Gasteiger partial charge in [0, 0.05) is 31.3 Å². The summed E-state index contributed by atoms with van der Waals surface area (Å²) >= 11 is 0. The second-order valence-electron chi connectivity index (χ2n) is 6.90. The van der Waals surface area contributed by atoms with E-state index in [0.29, 0.717) is 5.52 Å². The van der Waals surface area contributed by atoms with E-state index < -0.39 is 11.6 Å². The minimum absolute atomic E-state index is 0.0348. The van der Waals surface area contributed by atoms with Crippen LogP contribution in [0, 0.1) is 11.6 Å². The van der Waals surface area contributed by atoms with Crippen LogP contribution in [0.1, 0.15) is 18.4 Å². The monoisotopic (exact) mass is 371 g/mol. The molecular weight excluding hydrogens is 352 g/mol. The second-order valence-corrected chi connectivity index (χ2v) is 6.90. The van der Waals surface area contributed by atoms with Gasteiger partial charge < -0.3 is 4.90 Å². The Morgan fingerprint density at radius 3 is 2.52 bits per heavy atom. The molecule has 1 aliphatic carbocycles. The summed E-state index contributed by atoms with van der Waals surface area (Å²) in [7, 11) is 1.66. The number of hydrogen-bond donors (Lipinski definition) is 0. The number of benzene rings is 2. The number of carbonyl (C=O) groups excluding carboxylic acids is 1. The SMILES string of the molecule is Cn1c(=O)n(CC(=O)N(Cc2ccc(F)cc2F)C2CC2)c2ccccc21. The topological polar surface area (TPSA) is 47.2 Å². The Labute approximate surface area is 154 Å². The van der Waals surface area contributed by atoms with Crippen LogP contribution in [0.4, 0.5) is 8.78 Å². The molecule has 0 saturated heterocycles. The van der Waals surface area contributed by atoms with Crippen molar-refractivity contribution in [3.05, 3.63) is 70.1 Å². The van der Waals surface area contributed by atoms with Crippen LogP contribution in [0.5, 0.6) is 0 Å². The second kappa shape index (κ2) is 6.64. The van der Waals surface area contributed by atoms with Crippen molar-refractivity contribution in [1.82, 2.24) is 14.0 Å². The van der Waals surface area contributed by atoms with Gasteiger partial charge in [0.1, 0.15) is 18.2 Å². The molecule has 7 heteroatoms. The Balaban J connectivity index is 1.63. The van der Waals surface area contributed by atoms with Crippen molar-refractivity contribution in [3.8, 4) is 0 Å². The van der Waals surface area contributed by atoms with Gasteiger partial charge in [-0.1, -0.05) is 18.2 Å². The van der Waals surface area contributed by atoms with E-state index in [0.717, 1.165) is 24.4 Å². The van der Waals surface area contributed by atoms with Gasteiger partial charge >= 0.3 is 5.69 Å². The Morgan fingerprint density at radius 1 is 1.15 bits per heavy atom. The van der Waals surface area contributed by atoms with Crippen LogP contribution in [-0.2, 0) is 24.9 Å². The highest BCUT2D eigenvalue weighted by molar-refractivity contribution is 5.81. The maximum atomic E-state index is 14.0. The molecule has 5 nitrogen and oxygen atoms in total. The van der Waals surface area contributed by atoms with Gasteiger partial charge in [-0.05, 0) is 31.0 Å². The van der Waals surface area contributed by atoms with Crippen LogP contribution in [-0.4, -0.2) is 26.0 Å². The zero-order chi connectivity index (χ0) is 19.1. The molecule has 1 heterocycles. The highest BCUT2D eigenvalue weighted by atomic mass is 19.1. The van der Waals surface area contributed by atoms with Crippen molar-refractivity contribution < 1.29 is 13.6 Å². The first-order chi connectivity index (χ1) is 13.0. The molecule has 1 aliphatic rings. The molecular formula is C20H19F2N3O2. The summed E-state index contributed by atoms with van der Waals surface area (Å²) in [5.41, 5.74) is 1.43. The minimum Gasteiger partial charge on any atom is -0.334 e. The van der Waals surface area contributed by atoms with E-state index in [9.17, 15) is 18.4 Å². The minimum atomic E-state index is -0.671. The van der Waals surface area contributed by atoms with Gasteiger partial charge in [0.15, 0.2) is 0 Å². The summed E-state index contributed by atoms with van der Waals surface area (Å²) in [6.07, 6.45) is 1.69. The lowest BCUT2D eigenvalue weighted by Gasteiger charge is -2.23. The predicted octanol–water partition coefficient (Wildman–Crippen LogP) is 2.81. The van der Waals surface area contributed by atoms with Crippen molar-refractivity contribution in [2.24, 2.45) is 7.05 Å². The lowest BCUT2D eigenvalue weighted by Crippen LogP contribution is -2.37. The van der Waals surface area contributed by atoms with Gasteiger partial charge in [-0.15, -0.1) is 0 Å². The zero-order valence-corrected chi connectivity index (χ0v) is 14.9. The van der Waals surface area contributed by atoms with E-state index >= 15 is 0 Å². The summed E-state index contributed by atoms with van der Waals surface area (Å²) in [5.74, 6) is -1.57. The molecule has 1 aromatic heterocycles. The van der Waals surface area contributed by atoms with Crippen molar-refractivity contribution in [1.29, 1.82) is 0 Å². The number of nitrogens with zero attached hydrogens (tertiary/aromatic N) is 3. The molecule has 1 fully saturated rings. The van der Waals surface area contributed by atoms with Crippen LogP contribution in [0.25, 0.3) is 11.0 Å². The number of aromatic nitrogens is 2. The van der Waals surface area contributed by atoms with Crippen LogP contribution < -0.4 is 5.69 Å². The highest BCUT2D eigenvalue weighted by Crippen LogP contribution is 2.29. The molecule has 0 atom stereocenters. The third-order valence-corrected chi connectivity index (χ3v) is 5.01. The quantitative estimate of drug-likeness (QED) is 0.692. The molecule has 0 unspecified atom stereocenters. The summed E-state index contributed by atoms with van der Waals surface area (Å²) in [5, 5.41) is 0. The number of aryl methyl sites for hydroxylation is 1. The van der Waals surface area contributed by atoms with Gasteiger partial charge in [-0.2, -0.15) is 0 Å². The fraction of sp³-hybridized carbons (Fsp3) is 0.300. The van der Waals surface area contributed by atoms with Crippen molar-refractivity contribution in [2.45, 2.75) is 32.0 Å². The molecule has 0 spiro atoms. The summed E-state index contributed by atoms with van der Waals surface area (Å²) in [6, 6.07) is 10.7. The normalized spacial score (nSPS) is 13.9. The Kier molecular flexibility index (Phi) is 4.30. The maximum absolute atomic E-state index is 14.0. The molecule has 0 aliphatic heterocycles. The number of carbonyl (C=O) groups is 1. The zero-order valence-electron chi connectivity index (χ0n) is 14.9. The van der Waals surface area contributed by atoms with Crippen molar-refractivity contribution >= 4 is 16.9 Å². The molecule has 27 heavy (non-hydrogen) atoms. The summed E-state index contributed by atoms with van der Waals surface area (Å²) in [6.45, 7) is -0.0470. The van der Waals surface area contributed by atoms with E-state index in [-0.39, 0.29) is 36.3 Å². The van der Waals surface area contributed by atoms with E-state index in [1.807, 2.05) is 18.2 Å². The van der Waals surface area contributed by atoms with Gasteiger partial charge in [0.05, 0.1) is 11.0 Å². The van der Waals surface area contributed by atoms with Gasteiger partial charge in [-0.3, -0.25) is 13.9 Å². The van der Waals surface area contributed by atoms with Gasteiger partial charge in [-0.25, -0.2) is 13.6 Å². The Morgan fingerprint density at radius 2 is 1.85 bits per heavy atom. The Hall–Kier alpha value is -2.96. The van der Waals surface area contributed by atoms with Gasteiger partial charge in [0.25, 0.3) is 0 Å². The molecule has 1 saturated carbocycles. The Bertz CT molecular complexity index is 1080. The first-order valence-electron chi connectivity index (χ1n) is 8.83. The van der Waals surface area contributed by atoms with Crippen LogP contribution in [0.2, 0.25) is 0 Å². The average molecular weight is 371 g/mol. The molecule has 4 rings (SSSR count). The molecule has 2 aromatic carbocycles. The molecule has 140 valence electrons. The van der Waals surface area contributed by atoms with Crippen LogP contribution in [0.3, 0.4) is 0 Å². The standard InChI is InChI=1S/C20H19F2N3O2/c1-23-17-4-2-3-5-18(17)25(20(23)27)12-19(26)24(15-8-9-15)11-13-6-7-14(21)10-16(13)22/h2-7,10,15H,8-9,11-12H2,1H3. The summed E-state index contributed by atoms with van der Waals surface area (Å²) < 4.78 is 30.1. The van der Waals surface area contributed by atoms with E-state index in [2.05, 4.69) is 0 Å². The number of fused-ring (bicyclic) bond motifs is 1. The van der Waals surface area contributed by atoms with E-state index in [1.165, 1.54) is 21.3 Å². The first-order valence-corrected chi connectivity index (χ1v) is 8.83. The number of imidazole rings is 1. The smallest absolute Gasteiger partial charge is 0.329 e. The van der Waals surface area contributed by atoms with Crippen LogP contribution in [0.15, 0.2) is 47.3 Å². The van der Waals surface area contributed by atoms with E-state index in [4.69, 9.17) is 0 Å². The van der Waals surface area contributed by atoms with Crippen molar-refractivity contribution in [2.75, 3.05) is 0 Å². The lowest BCUT2D eigenvalue weighted by atomic mass is 10.2. The molecule has 0 bridgehead atoms. The molecule has 3 aromatic rings. The maximum Gasteiger partial charge on any atom is 0.329 e. The third-order valence-electron chi connectivity index (χ3n) is 5.01. The fourth-order valence-corrected chi connectivity index (χ4v) is 3.38. The fourth-order valence-electron chi connectivity index (χ4n) is 3.38. The van der Waals surface area contributed by atoms with Crippen molar-refractivity contribution in [3.63, 3.8) is 0 Å². The first kappa shape index (κ1) is 17.5. The number of halogens is 2. The molecule has 1 amide bonds. The van der Waals surface area contributed by atoms with E-state index in [1.54, 1.807) is 18.0 Å². The van der Waals surface area contributed by atoms with Crippen LogP contribution >= 0.6 is 0 Å². The number of hydrogen-bond acceptors (Lipinski definition) is 2. The number of amides is 1. The average Bonchev–Trinajstić information content (AvgIpc) is 3.46. The predicted molar refractivity (Wildman–Crippen MR) is 97.1 cm³/mol. The number of rotatable bonds is 5. The highest BCUT2D eigenvalue weighted by Gasteiger charge is 2.33. The molecule has 0 N–H and O–H groups in total. The largest absolute Gasteiger partial charge is 0.334 e. The summed E-state index contributed by atoms with van der Waals surface area (Å²) in [4.78, 5) is 27.1. The van der Waals surface area contributed by atoms with Gasteiger partial charge in [0.2, 0.25) is 5.91 Å². The number of para-hydroxylation sites is 2. The molecule has 0 radical (unpaired) electrons. The third kappa shape index (κ3) is 3.25. The lowest BCUT2D eigenvalue weighted by molar-refractivity contribution is -0.133.